The third-order valence-electron chi connectivity index (χ3n) is 3.18. The zero-order chi connectivity index (χ0) is 15.9. The Balaban J connectivity index is 2.61. The van der Waals surface area contributed by atoms with Gasteiger partial charge in [-0.1, -0.05) is 18.2 Å². The minimum absolute atomic E-state index is 0.0537. The Labute approximate surface area is 128 Å². The van der Waals surface area contributed by atoms with Gasteiger partial charge in [0.15, 0.2) is 0 Å². The van der Waals surface area contributed by atoms with Crippen molar-refractivity contribution in [2.45, 2.75) is 52.6 Å². The Kier molecular flexibility index (Phi) is 6.69. The standard InChI is InChI=1S/C17H28N2O2/c1-13-8-6-9-14(12-19-17(2,3)4)16(13)21-11-7-10-15(20)18-5/h6,8-9,19H,7,10-12H2,1-5H3,(H,18,20). The van der Waals surface area contributed by atoms with E-state index in [-0.39, 0.29) is 11.4 Å². The summed E-state index contributed by atoms with van der Waals surface area (Å²) in [5.74, 6) is 0.990. The van der Waals surface area contributed by atoms with Crippen molar-refractivity contribution in [1.82, 2.24) is 10.6 Å². The lowest BCUT2D eigenvalue weighted by molar-refractivity contribution is -0.120. The van der Waals surface area contributed by atoms with Crippen LogP contribution in [-0.2, 0) is 11.3 Å². The summed E-state index contributed by atoms with van der Waals surface area (Å²) < 4.78 is 5.91. The molecule has 2 N–H and O–H groups in total. The van der Waals surface area contributed by atoms with Crippen LogP contribution < -0.4 is 15.4 Å². The quantitative estimate of drug-likeness (QED) is 0.760. The third-order valence-corrected chi connectivity index (χ3v) is 3.18. The Morgan fingerprint density at radius 2 is 2.00 bits per heavy atom. The average Bonchev–Trinajstić information content (AvgIpc) is 2.41. The lowest BCUT2D eigenvalue weighted by atomic mass is 10.1. The molecule has 0 saturated heterocycles. The van der Waals surface area contributed by atoms with Crippen LogP contribution in [-0.4, -0.2) is 25.1 Å². The van der Waals surface area contributed by atoms with Gasteiger partial charge in [-0.2, -0.15) is 0 Å². The van der Waals surface area contributed by atoms with Gasteiger partial charge in [0.25, 0.3) is 0 Å². The molecule has 0 radical (unpaired) electrons. The first-order valence-corrected chi connectivity index (χ1v) is 7.50. The second-order valence-electron chi connectivity index (χ2n) is 6.29. The number of rotatable bonds is 7. The number of para-hydroxylation sites is 1. The molecule has 0 fully saturated rings. The topological polar surface area (TPSA) is 50.4 Å². The summed E-state index contributed by atoms with van der Waals surface area (Å²) in [6, 6.07) is 6.18. The molecular formula is C17H28N2O2. The second-order valence-corrected chi connectivity index (χ2v) is 6.29. The van der Waals surface area contributed by atoms with E-state index >= 15 is 0 Å². The molecule has 0 aliphatic heterocycles. The maximum atomic E-state index is 11.2. The van der Waals surface area contributed by atoms with Crippen molar-refractivity contribution < 1.29 is 9.53 Å². The molecule has 0 bridgehead atoms. The van der Waals surface area contributed by atoms with Crippen molar-refractivity contribution in [1.29, 1.82) is 0 Å². The van der Waals surface area contributed by atoms with Gasteiger partial charge in [0, 0.05) is 31.1 Å². The molecule has 21 heavy (non-hydrogen) atoms. The summed E-state index contributed by atoms with van der Waals surface area (Å²) in [5, 5.41) is 6.10. The van der Waals surface area contributed by atoms with E-state index in [9.17, 15) is 4.79 Å². The lowest BCUT2D eigenvalue weighted by Gasteiger charge is -2.22. The molecule has 0 aliphatic carbocycles. The summed E-state index contributed by atoms with van der Waals surface area (Å²) in [6.07, 6.45) is 1.22. The van der Waals surface area contributed by atoms with Crippen molar-refractivity contribution in [3.05, 3.63) is 29.3 Å². The van der Waals surface area contributed by atoms with E-state index in [1.807, 2.05) is 6.07 Å². The summed E-state index contributed by atoms with van der Waals surface area (Å²) >= 11 is 0. The van der Waals surface area contributed by atoms with E-state index in [1.165, 1.54) is 0 Å². The summed E-state index contributed by atoms with van der Waals surface area (Å²) in [4.78, 5) is 11.2. The van der Waals surface area contributed by atoms with Gasteiger partial charge in [-0.05, 0) is 39.7 Å². The number of nitrogens with one attached hydrogen (secondary N) is 2. The Hall–Kier alpha value is -1.55. The van der Waals surface area contributed by atoms with Crippen LogP contribution >= 0.6 is 0 Å². The molecule has 4 heteroatoms. The highest BCUT2D eigenvalue weighted by molar-refractivity contribution is 5.75. The molecule has 0 heterocycles. The lowest BCUT2D eigenvalue weighted by Crippen LogP contribution is -2.35. The van der Waals surface area contributed by atoms with Crippen LogP contribution in [0.3, 0.4) is 0 Å². The fraction of sp³-hybridized carbons (Fsp3) is 0.588. The van der Waals surface area contributed by atoms with E-state index in [0.29, 0.717) is 13.0 Å². The molecule has 4 nitrogen and oxygen atoms in total. The van der Waals surface area contributed by atoms with Crippen molar-refractivity contribution >= 4 is 5.91 Å². The first-order chi connectivity index (χ1) is 9.83. The van der Waals surface area contributed by atoms with Crippen LogP contribution in [0, 0.1) is 6.92 Å². The van der Waals surface area contributed by atoms with Crippen LogP contribution in [0.2, 0.25) is 0 Å². The van der Waals surface area contributed by atoms with Gasteiger partial charge in [0.05, 0.1) is 6.61 Å². The predicted octanol–water partition coefficient (Wildman–Crippen LogP) is 2.79. The molecule has 0 aromatic heterocycles. The first-order valence-electron chi connectivity index (χ1n) is 7.50. The van der Waals surface area contributed by atoms with Gasteiger partial charge in [-0.3, -0.25) is 4.79 Å². The molecule has 0 unspecified atom stereocenters. The maximum Gasteiger partial charge on any atom is 0.219 e. The number of carbonyl (C=O) groups excluding carboxylic acids is 1. The predicted molar refractivity (Wildman–Crippen MR) is 86.6 cm³/mol. The Morgan fingerprint density at radius 1 is 1.29 bits per heavy atom. The van der Waals surface area contributed by atoms with Crippen molar-refractivity contribution in [2.75, 3.05) is 13.7 Å². The Bertz CT molecular complexity index is 464. The third kappa shape index (κ3) is 6.63. The average molecular weight is 292 g/mol. The van der Waals surface area contributed by atoms with Crippen LogP contribution in [0.1, 0.15) is 44.7 Å². The molecule has 0 atom stereocenters. The van der Waals surface area contributed by atoms with Gasteiger partial charge >= 0.3 is 0 Å². The fourth-order valence-corrected chi connectivity index (χ4v) is 1.95. The number of carbonyl (C=O) groups is 1. The number of aryl methyl sites for hydroxylation is 1. The summed E-state index contributed by atoms with van der Waals surface area (Å²) in [5.41, 5.74) is 2.35. The summed E-state index contributed by atoms with van der Waals surface area (Å²) in [6.45, 7) is 9.82. The SMILES string of the molecule is CNC(=O)CCCOc1c(C)cccc1CNC(C)(C)C. The zero-order valence-electron chi connectivity index (χ0n) is 13.9. The largest absolute Gasteiger partial charge is 0.493 e. The van der Waals surface area contributed by atoms with Crippen LogP contribution in [0.4, 0.5) is 0 Å². The van der Waals surface area contributed by atoms with E-state index in [2.05, 4.69) is 50.5 Å². The van der Waals surface area contributed by atoms with Crippen molar-refractivity contribution in [3.63, 3.8) is 0 Å². The monoisotopic (exact) mass is 292 g/mol. The molecule has 0 spiro atoms. The fourth-order valence-electron chi connectivity index (χ4n) is 1.95. The highest BCUT2D eigenvalue weighted by atomic mass is 16.5. The minimum Gasteiger partial charge on any atom is -0.493 e. The highest BCUT2D eigenvalue weighted by Gasteiger charge is 2.12. The molecule has 1 amide bonds. The van der Waals surface area contributed by atoms with E-state index < -0.39 is 0 Å². The van der Waals surface area contributed by atoms with Crippen LogP contribution in [0.5, 0.6) is 5.75 Å². The van der Waals surface area contributed by atoms with Gasteiger partial charge in [-0.25, -0.2) is 0 Å². The zero-order valence-corrected chi connectivity index (χ0v) is 13.9. The number of hydrogen-bond acceptors (Lipinski definition) is 3. The first kappa shape index (κ1) is 17.5. The smallest absolute Gasteiger partial charge is 0.219 e. The van der Waals surface area contributed by atoms with E-state index in [4.69, 9.17) is 4.74 Å². The highest BCUT2D eigenvalue weighted by Crippen LogP contribution is 2.24. The summed E-state index contributed by atoms with van der Waals surface area (Å²) in [7, 11) is 1.65. The van der Waals surface area contributed by atoms with Gasteiger partial charge in [-0.15, -0.1) is 0 Å². The molecule has 1 rings (SSSR count). The van der Waals surface area contributed by atoms with Crippen molar-refractivity contribution in [2.24, 2.45) is 0 Å². The minimum atomic E-state index is 0.0537. The van der Waals surface area contributed by atoms with Crippen molar-refractivity contribution in [3.8, 4) is 5.75 Å². The number of amides is 1. The van der Waals surface area contributed by atoms with E-state index in [0.717, 1.165) is 29.8 Å². The molecule has 0 aliphatic rings. The van der Waals surface area contributed by atoms with Crippen LogP contribution in [0.25, 0.3) is 0 Å². The normalized spacial score (nSPS) is 11.3. The van der Waals surface area contributed by atoms with Gasteiger partial charge < -0.3 is 15.4 Å². The molecule has 1 aromatic rings. The number of hydrogen-bond donors (Lipinski definition) is 2. The van der Waals surface area contributed by atoms with Gasteiger partial charge in [0.1, 0.15) is 5.75 Å². The second kappa shape index (κ2) is 8.03. The maximum absolute atomic E-state index is 11.2. The molecule has 118 valence electrons. The molecular weight excluding hydrogens is 264 g/mol. The van der Waals surface area contributed by atoms with E-state index in [1.54, 1.807) is 7.05 Å². The van der Waals surface area contributed by atoms with Crippen LogP contribution in [0.15, 0.2) is 18.2 Å². The van der Waals surface area contributed by atoms with Gasteiger partial charge in [0.2, 0.25) is 5.91 Å². The molecule has 0 saturated carbocycles. The molecule has 1 aromatic carbocycles. The number of benzene rings is 1. The Morgan fingerprint density at radius 3 is 2.62 bits per heavy atom. The number of ether oxygens (including phenoxy) is 1.